The molecule has 0 spiro atoms. The Morgan fingerprint density at radius 3 is 2.43 bits per heavy atom. The molecule has 0 saturated heterocycles. The Balaban J connectivity index is 1.64. The van der Waals surface area contributed by atoms with Crippen molar-refractivity contribution in [3.8, 4) is 5.75 Å². The lowest BCUT2D eigenvalue weighted by molar-refractivity contribution is 0.135. The van der Waals surface area contributed by atoms with Crippen molar-refractivity contribution < 1.29 is 15.3 Å². The average molecular weight is 389 g/mol. The smallest absolute Gasteiger partial charge is 0.332 e. The van der Waals surface area contributed by atoms with Gasteiger partial charge < -0.3 is 25.2 Å². The third kappa shape index (κ3) is 3.84. The van der Waals surface area contributed by atoms with E-state index in [1.807, 2.05) is 0 Å². The van der Waals surface area contributed by atoms with Gasteiger partial charge in [-0.15, -0.1) is 0 Å². The molecule has 0 aliphatic carbocycles. The van der Waals surface area contributed by atoms with Crippen LogP contribution in [0.4, 0.5) is 0 Å². The highest BCUT2D eigenvalue weighted by atomic mass is 16.3. The van der Waals surface area contributed by atoms with E-state index in [9.17, 15) is 24.9 Å². The van der Waals surface area contributed by atoms with Crippen LogP contribution in [0.3, 0.4) is 0 Å². The molecule has 2 atom stereocenters. The summed E-state index contributed by atoms with van der Waals surface area (Å²) in [5.41, 5.74) is 0.209. The van der Waals surface area contributed by atoms with E-state index in [1.54, 1.807) is 12.1 Å². The maximum atomic E-state index is 12.4. The normalized spacial score (nSPS) is 13.7. The molecule has 0 saturated carbocycles. The van der Waals surface area contributed by atoms with Gasteiger partial charge in [-0.25, -0.2) is 9.78 Å². The first-order valence-corrected chi connectivity index (χ1v) is 8.76. The highest BCUT2D eigenvalue weighted by molar-refractivity contribution is 5.69. The fourth-order valence-corrected chi connectivity index (χ4v) is 3.03. The van der Waals surface area contributed by atoms with Gasteiger partial charge in [0.05, 0.1) is 25.1 Å². The van der Waals surface area contributed by atoms with Gasteiger partial charge in [0.25, 0.3) is 5.56 Å². The fraction of sp³-hybridized carbons (Fsp3) is 0.389. The first-order valence-electron chi connectivity index (χ1n) is 8.76. The standard InChI is InChI=1S/C18H23N5O5/c1-21-16-15(17(27)22(2)18(21)28)23(10-20-16)9-13(25)7-19-8-14(26)11-3-5-12(24)6-4-11/h3-6,10,13-14,19,24-26H,7-9H2,1-2H3. The third-order valence-electron chi connectivity index (χ3n) is 4.62. The van der Waals surface area contributed by atoms with E-state index in [2.05, 4.69) is 10.3 Å². The number of aliphatic hydroxyl groups excluding tert-OH is 2. The fourth-order valence-electron chi connectivity index (χ4n) is 3.03. The van der Waals surface area contributed by atoms with E-state index in [1.165, 1.54) is 41.7 Å². The number of nitrogens with one attached hydrogen (secondary N) is 1. The zero-order chi connectivity index (χ0) is 20.4. The number of hydrogen-bond acceptors (Lipinski definition) is 7. The Kier molecular flexibility index (Phi) is 5.63. The van der Waals surface area contributed by atoms with E-state index in [4.69, 9.17) is 0 Å². The van der Waals surface area contributed by atoms with E-state index < -0.39 is 23.5 Å². The van der Waals surface area contributed by atoms with Crippen LogP contribution in [-0.4, -0.2) is 53.2 Å². The van der Waals surface area contributed by atoms with Gasteiger partial charge in [0.15, 0.2) is 11.2 Å². The minimum absolute atomic E-state index is 0.103. The van der Waals surface area contributed by atoms with Crippen molar-refractivity contribution in [2.75, 3.05) is 13.1 Å². The molecular formula is C18H23N5O5. The third-order valence-corrected chi connectivity index (χ3v) is 4.62. The van der Waals surface area contributed by atoms with E-state index >= 15 is 0 Å². The molecule has 28 heavy (non-hydrogen) atoms. The summed E-state index contributed by atoms with van der Waals surface area (Å²) in [6, 6.07) is 6.22. The summed E-state index contributed by atoms with van der Waals surface area (Å²) >= 11 is 0. The molecule has 1 aromatic carbocycles. The van der Waals surface area contributed by atoms with Gasteiger partial charge in [0, 0.05) is 27.2 Å². The molecule has 2 aromatic heterocycles. The summed E-state index contributed by atoms with van der Waals surface area (Å²) < 4.78 is 3.80. The Labute approximate surface area is 159 Å². The van der Waals surface area contributed by atoms with Crippen molar-refractivity contribution in [1.82, 2.24) is 24.0 Å². The molecule has 0 radical (unpaired) electrons. The lowest BCUT2D eigenvalue weighted by Crippen LogP contribution is -2.38. The summed E-state index contributed by atoms with van der Waals surface area (Å²) in [5.74, 6) is 0.121. The molecular weight excluding hydrogens is 366 g/mol. The molecule has 0 bridgehead atoms. The summed E-state index contributed by atoms with van der Waals surface area (Å²) in [4.78, 5) is 28.5. The van der Waals surface area contributed by atoms with Crippen LogP contribution in [-0.2, 0) is 20.6 Å². The number of fused-ring (bicyclic) bond motifs is 1. The molecule has 2 unspecified atom stereocenters. The predicted molar refractivity (Wildman–Crippen MR) is 102 cm³/mol. The van der Waals surface area contributed by atoms with Crippen LogP contribution in [0.5, 0.6) is 5.75 Å². The van der Waals surface area contributed by atoms with Gasteiger partial charge in [-0.2, -0.15) is 0 Å². The maximum Gasteiger partial charge on any atom is 0.332 e. The number of nitrogens with zero attached hydrogens (tertiary/aromatic N) is 4. The maximum absolute atomic E-state index is 12.4. The molecule has 0 aliphatic rings. The number of hydrogen-bond donors (Lipinski definition) is 4. The van der Waals surface area contributed by atoms with Gasteiger partial charge in [-0.3, -0.25) is 13.9 Å². The van der Waals surface area contributed by atoms with Crippen LogP contribution in [0.15, 0.2) is 40.2 Å². The largest absolute Gasteiger partial charge is 0.508 e. The Morgan fingerprint density at radius 2 is 1.75 bits per heavy atom. The van der Waals surface area contributed by atoms with Crippen LogP contribution in [0.2, 0.25) is 0 Å². The topological polar surface area (TPSA) is 135 Å². The van der Waals surface area contributed by atoms with Crippen molar-refractivity contribution in [1.29, 1.82) is 0 Å². The highest BCUT2D eigenvalue weighted by Gasteiger charge is 2.16. The molecule has 4 N–H and O–H groups in total. The van der Waals surface area contributed by atoms with E-state index in [0.29, 0.717) is 5.56 Å². The van der Waals surface area contributed by atoms with Crippen LogP contribution >= 0.6 is 0 Å². The number of phenols is 1. The minimum Gasteiger partial charge on any atom is -0.508 e. The molecule has 2 heterocycles. The molecule has 10 nitrogen and oxygen atoms in total. The summed E-state index contributed by atoms with van der Waals surface area (Å²) in [6.07, 6.45) is -0.213. The number of imidazole rings is 1. The van der Waals surface area contributed by atoms with Crippen molar-refractivity contribution in [3.63, 3.8) is 0 Å². The van der Waals surface area contributed by atoms with E-state index in [-0.39, 0.29) is 36.5 Å². The first kappa shape index (κ1) is 19.8. The number of benzene rings is 1. The van der Waals surface area contributed by atoms with Gasteiger partial charge in [-0.1, -0.05) is 12.1 Å². The lowest BCUT2D eigenvalue weighted by atomic mass is 10.1. The van der Waals surface area contributed by atoms with Gasteiger partial charge in [-0.05, 0) is 17.7 Å². The van der Waals surface area contributed by atoms with E-state index in [0.717, 1.165) is 4.57 Å². The SMILES string of the molecule is Cn1c(=O)c2c(ncn2CC(O)CNCC(O)c2ccc(O)cc2)n(C)c1=O. The van der Waals surface area contributed by atoms with Gasteiger partial charge in [0.2, 0.25) is 0 Å². The van der Waals surface area contributed by atoms with Gasteiger partial charge >= 0.3 is 5.69 Å². The van der Waals surface area contributed by atoms with Crippen molar-refractivity contribution in [2.24, 2.45) is 14.1 Å². The number of aromatic nitrogens is 4. The molecule has 0 fully saturated rings. The van der Waals surface area contributed by atoms with Crippen LogP contribution in [0.25, 0.3) is 11.2 Å². The lowest BCUT2D eigenvalue weighted by Gasteiger charge is -2.16. The molecule has 0 amide bonds. The highest BCUT2D eigenvalue weighted by Crippen LogP contribution is 2.16. The second-order valence-electron chi connectivity index (χ2n) is 6.69. The Bertz CT molecular complexity index is 1080. The molecule has 3 rings (SSSR count). The number of aryl methyl sites for hydroxylation is 1. The van der Waals surface area contributed by atoms with Crippen molar-refractivity contribution >= 4 is 11.2 Å². The molecule has 150 valence electrons. The summed E-state index contributed by atoms with van der Waals surface area (Å²) in [6.45, 7) is 0.496. The second kappa shape index (κ2) is 7.97. The number of aliphatic hydroxyl groups is 2. The zero-order valence-electron chi connectivity index (χ0n) is 15.6. The quantitative estimate of drug-likeness (QED) is 0.400. The van der Waals surface area contributed by atoms with Crippen LogP contribution in [0.1, 0.15) is 11.7 Å². The number of rotatable bonds is 7. The van der Waals surface area contributed by atoms with Crippen LogP contribution in [0, 0.1) is 0 Å². The zero-order valence-corrected chi connectivity index (χ0v) is 15.6. The average Bonchev–Trinajstić information content (AvgIpc) is 3.08. The predicted octanol–water partition coefficient (Wildman–Crippen LogP) is -1.18. The van der Waals surface area contributed by atoms with Crippen molar-refractivity contribution in [2.45, 2.75) is 18.8 Å². The Morgan fingerprint density at radius 1 is 1.07 bits per heavy atom. The Hall–Kier alpha value is -2.95. The second-order valence-corrected chi connectivity index (χ2v) is 6.69. The monoisotopic (exact) mass is 389 g/mol. The van der Waals surface area contributed by atoms with Crippen molar-refractivity contribution in [3.05, 3.63) is 57.0 Å². The van der Waals surface area contributed by atoms with Crippen LogP contribution < -0.4 is 16.6 Å². The number of aromatic hydroxyl groups is 1. The molecule has 10 heteroatoms. The summed E-state index contributed by atoms with van der Waals surface area (Å²) in [5, 5.41) is 32.7. The molecule has 3 aromatic rings. The minimum atomic E-state index is -0.841. The molecule has 0 aliphatic heterocycles. The summed E-state index contributed by atoms with van der Waals surface area (Å²) in [7, 11) is 2.92. The number of phenolic OH excluding ortho intramolecular Hbond substituents is 1. The first-order chi connectivity index (χ1) is 13.3. The van der Waals surface area contributed by atoms with Gasteiger partial charge in [0.1, 0.15) is 5.75 Å².